The first-order valence-electron chi connectivity index (χ1n) is 11.0. The van der Waals surface area contributed by atoms with Crippen molar-refractivity contribution in [2.45, 2.75) is 79.6 Å². The minimum atomic E-state index is -0.244. The summed E-state index contributed by atoms with van der Waals surface area (Å²) in [5.74, 6) is 1.01. The zero-order valence-electron chi connectivity index (χ0n) is 20.1. The average molecular weight is 442 g/mol. The number of urea groups is 1. The van der Waals surface area contributed by atoms with Gasteiger partial charge in [0.1, 0.15) is 12.1 Å². The summed E-state index contributed by atoms with van der Waals surface area (Å²) in [6.45, 7) is 15.4. The van der Waals surface area contributed by atoms with E-state index < -0.39 is 0 Å². The molecule has 0 saturated carbocycles. The van der Waals surface area contributed by atoms with Crippen LogP contribution < -0.4 is 15.8 Å². The molecular weight excluding hydrogens is 408 g/mol. The quantitative estimate of drug-likeness (QED) is 0.694. The van der Waals surface area contributed by atoms with Gasteiger partial charge < -0.3 is 0 Å². The van der Waals surface area contributed by atoms with Crippen LogP contribution >= 0.6 is 0 Å². The number of amides is 2. The fraction of sp³-hybridized carbons (Fsp3) is 0.545. The molecule has 1 aliphatic rings. The molecule has 172 valence electrons. The molecule has 2 aromatic rings. The highest BCUT2D eigenvalue weighted by Crippen LogP contribution is 2.19. The molecule has 10 nitrogen and oxygen atoms in total. The van der Waals surface area contributed by atoms with E-state index in [1.807, 2.05) is 79.7 Å². The van der Waals surface area contributed by atoms with Gasteiger partial charge in [0.05, 0.1) is 6.04 Å². The summed E-state index contributed by atoms with van der Waals surface area (Å²) in [7, 11) is 0. The molecule has 1 aromatic heterocycles. The molecule has 0 radical (unpaired) electrons. The van der Waals surface area contributed by atoms with Gasteiger partial charge in [0, 0.05) is 17.2 Å². The zero-order chi connectivity index (χ0) is 23.7. The minimum Gasteiger partial charge on any atom is -0.276 e. The number of hydrogen-bond acceptors (Lipinski definition) is 6. The van der Waals surface area contributed by atoms with Crippen LogP contribution in [0.1, 0.15) is 73.0 Å². The number of hydrazine groups is 1. The molecule has 1 N–H and O–H groups in total. The molecule has 0 saturated heterocycles. The van der Waals surface area contributed by atoms with E-state index in [0.717, 1.165) is 11.1 Å². The predicted octanol–water partition coefficient (Wildman–Crippen LogP) is 2.48. The Bertz CT molecular complexity index is 1060. The Balaban J connectivity index is 2.10. The van der Waals surface area contributed by atoms with Crippen LogP contribution in [-0.2, 0) is 0 Å². The Hall–Kier alpha value is -3.30. The van der Waals surface area contributed by atoms with Gasteiger partial charge in [-0.25, -0.2) is 14.8 Å². The van der Waals surface area contributed by atoms with Gasteiger partial charge >= 0.3 is 11.7 Å². The number of nitrogens with zero attached hydrogens (tertiary/aromatic N) is 7. The van der Waals surface area contributed by atoms with Crippen LogP contribution in [-0.4, -0.2) is 48.8 Å². The fourth-order valence-corrected chi connectivity index (χ4v) is 3.26. The Morgan fingerprint density at radius 3 is 2.12 bits per heavy atom. The molecule has 0 aliphatic carbocycles. The molecule has 1 aromatic carbocycles. The fourth-order valence-electron chi connectivity index (χ4n) is 3.26. The molecule has 32 heavy (non-hydrogen) atoms. The lowest BCUT2D eigenvalue weighted by molar-refractivity contribution is -0.788. The summed E-state index contributed by atoms with van der Waals surface area (Å²) in [6.07, 6.45) is 0. The topological polar surface area (TPSA) is 99.6 Å². The molecule has 0 spiro atoms. The molecule has 3 rings (SSSR count). The molecule has 2 amide bonds. The van der Waals surface area contributed by atoms with Crippen molar-refractivity contribution in [2.75, 3.05) is 0 Å². The predicted molar refractivity (Wildman–Crippen MR) is 122 cm³/mol. The first-order valence-corrected chi connectivity index (χ1v) is 11.0. The molecule has 0 atom stereocenters. The van der Waals surface area contributed by atoms with E-state index in [9.17, 15) is 9.59 Å². The number of nitrogens with one attached hydrogen (secondary N) is 1. The number of hydrogen-bond donors (Lipinski definition) is 1. The van der Waals surface area contributed by atoms with Gasteiger partial charge in [-0.2, -0.15) is 4.79 Å². The van der Waals surface area contributed by atoms with Gasteiger partial charge in [0.15, 0.2) is 5.84 Å². The van der Waals surface area contributed by atoms with Crippen LogP contribution in [0.4, 0.5) is 4.79 Å². The molecule has 0 unspecified atom stereocenters. The van der Waals surface area contributed by atoms with Gasteiger partial charge in [-0.05, 0) is 61.5 Å². The maximum Gasteiger partial charge on any atom is 0.540 e. The molecule has 0 fully saturated rings. The summed E-state index contributed by atoms with van der Waals surface area (Å²) in [5, 5.41) is 16.6. The highest BCUT2D eigenvalue weighted by molar-refractivity contribution is 6.02. The molecule has 2 heterocycles. The number of benzene rings is 1. The number of amidine groups is 1. The van der Waals surface area contributed by atoms with Crippen molar-refractivity contribution >= 4 is 11.9 Å². The summed E-state index contributed by atoms with van der Waals surface area (Å²) >= 11 is 0. The highest BCUT2D eigenvalue weighted by Gasteiger charge is 2.32. The largest absolute Gasteiger partial charge is 0.540 e. The van der Waals surface area contributed by atoms with E-state index >= 15 is 0 Å². The van der Waals surface area contributed by atoms with E-state index in [1.54, 1.807) is 5.01 Å². The van der Waals surface area contributed by atoms with E-state index in [-0.39, 0.29) is 35.9 Å². The standard InChI is InChI=1S/C22H33N8O2/c1-13(2)27-21(31)28(14(3)4)24-19(23-27)17-10-9-11-18(12-17)20-25-29(15(5)6)22(32)30(26-20)16(7)8/h9-16H,1-8H3,(H,23,24)/q+1. The maximum atomic E-state index is 12.7. The Morgan fingerprint density at radius 1 is 0.906 bits per heavy atom. The van der Waals surface area contributed by atoms with Gasteiger partial charge in [-0.3, -0.25) is 5.43 Å². The maximum absolute atomic E-state index is 12.7. The number of carbonyl (C=O) groups is 1. The van der Waals surface area contributed by atoms with Crippen molar-refractivity contribution in [1.82, 2.24) is 30.3 Å². The summed E-state index contributed by atoms with van der Waals surface area (Å²) in [4.78, 5) is 25.4. The zero-order valence-corrected chi connectivity index (χ0v) is 20.1. The van der Waals surface area contributed by atoms with Gasteiger partial charge in [0.25, 0.3) is 0 Å². The van der Waals surface area contributed by atoms with Crippen LogP contribution in [0.15, 0.2) is 34.2 Å². The van der Waals surface area contributed by atoms with Crippen LogP contribution in [0, 0.1) is 0 Å². The smallest absolute Gasteiger partial charge is 0.276 e. The lowest BCUT2D eigenvalue weighted by Gasteiger charge is -2.37. The van der Waals surface area contributed by atoms with Crippen LogP contribution in [0.25, 0.3) is 11.4 Å². The normalized spacial score (nSPS) is 14.6. The van der Waals surface area contributed by atoms with Crippen molar-refractivity contribution in [2.24, 2.45) is 5.10 Å². The number of aromatic nitrogens is 4. The second kappa shape index (κ2) is 9.05. The SMILES string of the molecule is CC(C)N1N=C(c2cccc(-c3nn(C(C)C)c(=O)[n+](C(C)C)n3)c2)NN(C(C)C)C1=O. The van der Waals surface area contributed by atoms with Crippen LogP contribution in [0.5, 0.6) is 0 Å². The lowest BCUT2D eigenvalue weighted by Crippen LogP contribution is -2.60. The lowest BCUT2D eigenvalue weighted by atomic mass is 10.1. The van der Waals surface area contributed by atoms with Crippen LogP contribution in [0.2, 0.25) is 0 Å². The van der Waals surface area contributed by atoms with E-state index in [1.165, 1.54) is 14.4 Å². The van der Waals surface area contributed by atoms with Crippen LogP contribution in [0.3, 0.4) is 0 Å². The highest BCUT2D eigenvalue weighted by atomic mass is 16.2. The third kappa shape index (κ3) is 4.49. The Morgan fingerprint density at radius 2 is 1.56 bits per heavy atom. The third-order valence-electron chi connectivity index (χ3n) is 5.01. The number of hydrazone groups is 1. The first-order chi connectivity index (χ1) is 15.0. The molecule has 10 heteroatoms. The summed E-state index contributed by atoms with van der Waals surface area (Å²) < 4.78 is 2.90. The van der Waals surface area contributed by atoms with Crippen molar-refractivity contribution in [3.63, 3.8) is 0 Å². The second-order valence-corrected chi connectivity index (χ2v) is 9.01. The van der Waals surface area contributed by atoms with E-state index in [4.69, 9.17) is 0 Å². The summed E-state index contributed by atoms with van der Waals surface area (Å²) in [6, 6.07) is 7.06. The number of rotatable bonds is 6. The van der Waals surface area contributed by atoms with Gasteiger partial charge in [-0.15, -0.1) is 5.10 Å². The molecular formula is C22H33N8O2+. The van der Waals surface area contributed by atoms with E-state index in [2.05, 4.69) is 20.7 Å². The van der Waals surface area contributed by atoms with Gasteiger partial charge in [0.2, 0.25) is 5.82 Å². The van der Waals surface area contributed by atoms with Crippen molar-refractivity contribution in [3.05, 3.63) is 40.3 Å². The average Bonchev–Trinajstić information content (AvgIpc) is 2.73. The van der Waals surface area contributed by atoms with Gasteiger partial charge in [-0.1, -0.05) is 37.8 Å². The Labute approximate surface area is 188 Å². The third-order valence-corrected chi connectivity index (χ3v) is 5.01. The summed E-state index contributed by atoms with van der Waals surface area (Å²) in [5.41, 5.74) is 4.43. The number of carbonyl (C=O) groups excluding carboxylic acids is 1. The van der Waals surface area contributed by atoms with Crippen molar-refractivity contribution < 1.29 is 9.48 Å². The molecule has 1 aliphatic heterocycles. The van der Waals surface area contributed by atoms with Crippen molar-refractivity contribution in [1.29, 1.82) is 0 Å². The Kier molecular flexibility index (Phi) is 6.61. The first kappa shape index (κ1) is 23.4. The second-order valence-electron chi connectivity index (χ2n) is 9.01. The molecule has 0 bridgehead atoms. The van der Waals surface area contributed by atoms with Crippen molar-refractivity contribution in [3.8, 4) is 11.4 Å². The monoisotopic (exact) mass is 441 g/mol. The minimum absolute atomic E-state index is 0.0552. The van der Waals surface area contributed by atoms with E-state index in [0.29, 0.717) is 11.7 Å².